The van der Waals surface area contributed by atoms with Gasteiger partial charge in [0.1, 0.15) is 5.60 Å². The van der Waals surface area contributed by atoms with Crippen molar-refractivity contribution in [3.05, 3.63) is 22.3 Å². The fraction of sp³-hybridized carbons (Fsp3) is 0.636. The summed E-state index contributed by atoms with van der Waals surface area (Å²) in [6.07, 6.45) is 1.27. The van der Waals surface area contributed by atoms with Crippen LogP contribution in [0.25, 0.3) is 10.4 Å². The lowest BCUT2D eigenvalue weighted by Gasteiger charge is -2.30. The van der Waals surface area contributed by atoms with Crippen molar-refractivity contribution in [1.82, 2.24) is 14.5 Å². The van der Waals surface area contributed by atoms with Gasteiger partial charge in [0.2, 0.25) is 0 Å². The van der Waals surface area contributed by atoms with Crippen LogP contribution in [0.1, 0.15) is 26.5 Å². The molecule has 0 spiro atoms. The highest BCUT2D eigenvalue weighted by atomic mass is 16.6. The molecule has 8 nitrogen and oxygen atoms in total. The van der Waals surface area contributed by atoms with Gasteiger partial charge in [0, 0.05) is 18.0 Å². The summed E-state index contributed by atoms with van der Waals surface area (Å²) in [5.41, 5.74) is 8.75. The molecule has 1 aromatic heterocycles. The van der Waals surface area contributed by atoms with Crippen molar-refractivity contribution >= 4 is 12.0 Å². The van der Waals surface area contributed by atoms with Gasteiger partial charge < -0.3 is 14.2 Å². The SMILES string of the molecule is CC(C)(C)OC(=O)N1CCn2c(cnc2N=[N+]=[N-])C1. The molecule has 1 amide bonds. The van der Waals surface area contributed by atoms with Crippen molar-refractivity contribution in [2.45, 2.75) is 39.5 Å². The summed E-state index contributed by atoms with van der Waals surface area (Å²) >= 11 is 0. The van der Waals surface area contributed by atoms with E-state index in [0.29, 0.717) is 25.6 Å². The molecule has 0 aliphatic carbocycles. The fourth-order valence-corrected chi connectivity index (χ4v) is 1.87. The molecule has 2 heterocycles. The van der Waals surface area contributed by atoms with Crippen LogP contribution >= 0.6 is 0 Å². The van der Waals surface area contributed by atoms with E-state index < -0.39 is 5.60 Å². The quantitative estimate of drug-likeness (QED) is 0.443. The Bertz CT molecular complexity index is 538. The predicted octanol–water partition coefficient (Wildman–Crippen LogP) is 2.58. The van der Waals surface area contributed by atoms with Gasteiger partial charge in [-0.05, 0) is 31.4 Å². The van der Waals surface area contributed by atoms with E-state index in [0.717, 1.165) is 5.69 Å². The van der Waals surface area contributed by atoms with E-state index in [4.69, 9.17) is 10.3 Å². The first-order chi connectivity index (χ1) is 8.90. The molecule has 19 heavy (non-hydrogen) atoms. The molecule has 0 fully saturated rings. The van der Waals surface area contributed by atoms with E-state index in [9.17, 15) is 4.79 Å². The molecule has 8 heteroatoms. The minimum Gasteiger partial charge on any atom is -0.444 e. The zero-order chi connectivity index (χ0) is 14.0. The fourth-order valence-electron chi connectivity index (χ4n) is 1.87. The van der Waals surface area contributed by atoms with Gasteiger partial charge in [-0.3, -0.25) is 0 Å². The van der Waals surface area contributed by atoms with Crippen molar-refractivity contribution in [1.29, 1.82) is 0 Å². The van der Waals surface area contributed by atoms with Crippen molar-refractivity contribution in [2.75, 3.05) is 6.54 Å². The topological polar surface area (TPSA) is 96.1 Å². The summed E-state index contributed by atoms with van der Waals surface area (Å²) < 4.78 is 7.13. The summed E-state index contributed by atoms with van der Waals surface area (Å²) in [7, 11) is 0. The molecular formula is C11H16N6O2. The Balaban J connectivity index is 2.11. The predicted molar refractivity (Wildman–Crippen MR) is 67.7 cm³/mol. The molecule has 102 valence electrons. The lowest BCUT2D eigenvalue weighted by molar-refractivity contribution is 0.0199. The van der Waals surface area contributed by atoms with Crippen LogP contribution in [0, 0.1) is 0 Å². The molecule has 2 rings (SSSR count). The first-order valence-corrected chi connectivity index (χ1v) is 5.98. The third-order valence-electron chi connectivity index (χ3n) is 2.65. The number of hydrogen-bond donors (Lipinski definition) is 0. The van der Waals surface area contributed by atoms with Crippen LogP contribution in [0.5, 0.6) is 0 Å². The lowest BCUT2D eigenvalue weighted by atomic mass is 10.2. The number of ether oxygens (including phenoxy) is 1. The molecule has 1 aliphatic heterocycles. The second kappa shape index (κ2) is 4.81. The highest BCUT2D eigenvalue weighted by Gasteiger charge is 2.26. The maximum absolute atomic E-state index is 11.9. The molecule has 0 radical (unpaired) electrons. The van der Waals surface area contributed by atoms with Crippen LogP contribution in [0.4, 0.5) is 10.7 Å². The Morgan fingerprint density at radius 3 is 2.89 bits per heavy atom. The Labute approximate surface area is 110 Å². The van der Waals surface area contributed by atoms with Crippen LogP contribution in [0.15, 0.2) is 11.3 Å². The third-order valence-corrected chi connectivity index (χ3v) is 2.65. The lowest BCUT2D eigenvalue weighted by Crippen LogP contribution is -2.41. The summed E-state index contributed by atoms with van der Waals surface area (Å²) in [5, 5.41) is 3.51. The van der Waals surface area contributed by atoms with Gasteiger partial charge in [-0.1, -0.05) is 0 Å². The average molecular weight is 264 g/mol. The van der Waals surface area contributed by atoms with Crippen LogP contribution in [0.3, 0.4) is 0 Å². The molecule has 0 saturated heterocycles. The number of carbonyl (C=O) groups is 1. The zero-order valence-electron chi connectivity index (χ0n) is 11.2. The molecule has 1 aromatic rings. The molecule has 0 unspecified atom stereocenters. The number of hydrogen-bond acceptors (Lipinski definition) is 4. The minimum absolute atomic E-state index is 0.335. The van der Waals surface area contributed by atoms with Crippen LogP contribution in [0.2, 0.25) is 0 Å². The second-order valence-electron chi connectivity index (χ2n) is 5.29. The number of aromatic nitrogens is 2. The Hall–Kier alpha value is -2.21. The average Bonchev–Trinajstić information content (AvgIpc) is 2.70. The number of imidazole rings is 1. The first kappa shape index (κ1) is 13.2. The molecule has 0 N–H and O–H groups in total. The molecule has 0 saturated carbocycles. The smallest absolute Gasteiger partial charge is 0.410 e. The number of fused-ring (bicyclic) bond motifs is 1. The van der Waals surface area contributed by atoms with Gasteiger partial charge in [-0.25, -0.2) is 9.78 Å². The van der Waals surface area contributed by atoms with E-state index in [1.54, 1.807) is 15.7 Å². The summed E-state index contributed by atoms with van der Waals surface area (Å²) in [6.45, 7) is 6.95. The van der Waals surface area contributed by atoms with Crippen molar-refractivity contribution < 1.29 is 9.53 Å². The monoisotopic (exact) mass is 264 g/mol. The van der Waals surface area contributed by atoms with E-state index in [2.05, 4.69) is 15.0 Å². The standard InChI is InChI=1S/C11H16N6O2/c1-11(2,3)19-10(18)16-4-5-17-8(7-16)6-13-9(17)14-15-12/h6H,4-5,7H2,1-3H3. The van der Waals surface area contributed by atoms with Gasteiger partial charge in [0.25, 0.3) is 0 Å². The summed E-state index contributed by atoms with van der Waals surface area (Å²) in [6, 6.07) is 0. The second-order valence-corrected chi connectivity index (χ2v) is 5.29. The summed E-state index contributed by atoms with van der Waals surface area (Å²) in [5.74, 6) is 0.335. The maximum atomic E-state index is 11.9. The Morgan fingerprint density at radius 1 is 1.53 bits per heavy atom. The molecule has 0 aromatic carbocycles. The van der Waals surface area contributed by atoms with Crippen molar-refractivity contribution in [3.63, 3.8) is 0 Å². The van der Waals surface area contributed by atoms with E-state index in [-0.39, 0.29) is 6.09 Å². The Morgan fingerprint density at radius 2 is 2.26 bits per heavy atom. The van der Waals surface area contributed by atoms with Crippen molar-refractivity contribution in [3.8, 4) is 0 Å². The van der Waals surface area contributed by atoms with Gasteiger partial charge in [-0.2, -0.15) is 0 Å². The van der Waals surface area contributed by atoms with Crippen LogP contribution < -0.4 is 0 Å². The molecular weight excluding hydrogens is 248 g/mol. The largest absolute Gasteiger partial charge is 0.444 e. The number of carbonyl (C=O) groups excluding carboxylic acids is 1. The summed E-state index contributed by atoms with van der Waals surface area (Å²) in [4.78, 5) is 20.3. The van der Waals surface area contributed by atoms with Crippen molar-refractivity contribution in [2.24, 2.45) is 5.11 Å². The molecule has 1 aliphatic rings. The zero-order valence-corrected chi connectivity index (χ0v) is 11.2. The van der Waals surface area contributed by atoms with E-state index >= 15 is 0 Å². The Kier molecular flexibility index (Phi) is 3.35. The van der Waals surface area contributed by atoms with E-state index in [1.807, 2.05) is 20.8 Å². The van der Waals surface area contributed by atoms with Gasteiger partial charge in [0.05, 0.1) is 18.4 Å². The number of nitrogens with zero attached hydrogens (tertiary/aromatic N) is 6. The first-order valence-electron chi connectivity index (χ1n) is 5.98. The molecule has 0 atom stereocenters. The van der Waals surface area contributed by atoms with Gasteiger partial charge >= 0.3 is 6.09 Å². The number of azide groups is 1. The van der Waals surface area contributed by atoms with Crippen LogP contribution in [-0.2, 0) is 17.8 Å². The maximum Gasteiger partial charge on any atom is 0.410 e. The van der Waals surface area contributed by atoms with Gasteiger partial charge in [0.15, 0.2) is 5.95 Å². The van der Waals surface area contributed by atoms with E-state index in [1.165, 1.54) is 0 Å². The number of amides is 1. The number of rotatable bonds is 1. The highest BCUT2D eigenvalue weighted by molar-refractivity contribution is 5.68. The minimum atomic E-state index is -0.509. The highest BCUT2D eigenvalue weighted by Crippen LogP contribution is 2.21. The van der Waals surface area contributed by atoms with Gasteiger partial charge in [-0.15, -0.1) is 0 Å². The third kappa shape index (κ3) is 2.97. The van der Waals surface area contributed by atoms with Crippen LogP contribution in [-0.4, -0.2) is 32.7 Å². The molecule has 0 bridgehead atoms. The normalized spacial score (nSPS) is 14.6.